The standard InChI is InChI=1S/C6H5F5N2O/c1-13-4(14-5(7)8)2-3(12-13)6(9,10)11/h2,5H,1H3. The molecule has 0 amide bonds. The van der Waals surface area contributed by atoms with Crippen molar-refractivity contribution < 1.29 is 26.7 Å². The Morgan fingerprint density at radius 1 is 1.43 bits per heavy atom. The first-order valence-corrected chi connectivity index (χ1v) is 3.36. The maximum absolute atomic E-state index is 12.0. The number of nitrogens with zero attached hydrogens (tertiary/aromatic N) is 2. The molecular weight excluding hydrogens is 211 g/mol. The summed E-state index contributed by atoms with van der Waals surface area (Å²) in [5.41, 5.74) is -1.27. The van der Waals surface area contributed by atoms with Crippen LogP contribution in [-0.2, 0) is 13.2 Å². The monoisotopic (exact) mass is 216 g/mol. The van der Waals surface area contributed by atoms with Crippen LogP contribution in [-0.4, -0.2) is 16.4 Å². The van der Waals surface area contributed by atoms with Crippen LogP contribution < -0.4 is 4.74 Å². The number of hydrogen-bond acceptors (Lipinski definition) is 2. The molecule has 0 atom stereocenters. The van der Waals surface area contributed by atoms with E-state index in [0.717, 1.165) is 7.05 Å². The summed E-state index contributed by atoms with van der Waals surface area (Å²) in [6.45, 7) is -3.17. The summed E-state index contributed by atoms with van der Waals surface area (Å²) in [7, 11) is 1.08. The second-order valence-corrected chi connectivity index (χ2v) is 2.37. The summed E-state index contributed by atoms with van der Waals surface area (Å²) in [4.78, 5) is 0. The fraction of sp³-hybridized carbons (Fsp3) is 0.500. The third kappa shape index (κ3) is 2.33. The van der Waals surface area contributed by atoms with Gasteiger partial charge in [0.15, 0.2) is 5.69 Å². The van der Waals surface area contributed by atoms with Crippen LogP contribution in [0.2, 0.25) is 0 Å². The number of halogens is 5. The molecule has 0 saturated carbocycles. The molecule has 0 radical (unpaired) electrons. The van der Waals surface area contributed by atoms with E-state index in [2.05, 4.69) is 9.84 Å². The minimum atomic E-state index is -4.67. The number of rotatable bonds is 2. The summed E-state index contributed by atoms with van der Waals surface area (Å²) in [5.74, 6) is -0.632. The molecule has 0 saturated heterocycles. The molecule has 0 aliphatic rings. The van der Waals surface area contributed by atoms with Crippen molar-refractivity contribution in [2.75, 3.05) is 0 Å². The highest BCUT2D eigenvalue weighted by atomic mass is 19.4. The summed E-state index contributed by atoms with van der Waals surface area (Å²) < 4.78 is 63.7. The Morgan fingerprint density at radius 3 is 2.36 bits per heavy atom. The van der Waals surface area contributed by atoms with E-state index in [4.69, 9.17) is 0 Å². The van der Waals surface area contributed by atoms with E-state index < -0.39 is 24.4 Å². The average molecular weight is 216 g/mol. The molecule has 0 N–H and O–H groups in total. The second kappa shape index (κ2) is 3.43. The first-order chi connectivity index (χ1) is 6.30. The van der Waals surface area contributed by atoms with Crippen molar-refractivity contribution >= 4 is 0 Å². The number of ether oxygens (including phenoxy) is 1. The maximum Gasteiger partial charge on any atom is 0.435 e. The van der Waals surface area contributed by atoms with Gasteiger partial charge in [-0.3, -0.25) is 0 Å². The van der Waals surface area contributed by atoms with Crippen LogP contribution in [0.4, 0.5) is 22.0 Å². The van der Waals surface area contributed by atoms with Gasteiger partial charge in [-0.25, -0.2) is 4.68 Å². The number of alkyl halides is 5. The third-order valence-electron chi connectivity index (χ3n) is 1.34. The van der Waals surface area contributed by atoms with E-state index in [0.29, 0.717) is 10.7 Å². The van der Waals surface area contributed by atoms with Crippen molar-refractivity contribution in [1.82, 2.24) is 9.78 Å². The highest BCUT2D eigenvalue weighted by Gasteiger charge is 2.35. The molecule has 3 nitrogen and oxygen atoms in total. The normalized spacial score (nSPS) is 12.2. The predicted molar refractivity (Wildman–Crippen MR) is 34.8 cm³/mol. The molecule has 0 aliphatic carbocycles. The van der Waals surface area contributed by atoms with Crippen LogP contribution in [0.3, 0.4) is 0 Å². The molecule has 0 aromatic carbocycles. The minimum Gasteiger partial charge on any atom is -0.417 e. The van der Waals surface area contributed by atoms with Crippen LogP contribution >= 0.6 is 0 Å². The van der Waals surface area contributed by atoms with E-state index in [1.807, 2.05) is 0 Å². The molecule has 8 heteroatoms. The summed E-state index contributed by atoms with van der Waals surface area (Å²) >= 11 is 0. The summed E-state index contributed by atoms with van der Waals surface area (Å²) in [6, 6.07) is 0.409. The first kappa shape index (κ1) is 10.7. The Labute approximate surface area is 75.1 Å². The Bertz CT molecular complexity index is 319. The van der Waals surface area contributed by atoms with Crippen molar-refractivity contribution in [3.63, 3.8) is 0 Å². The van der Waals surface area contributed by atoms with Gasteiger partial charge in [0.25, 0.3) is 0 Å². The van der Waals surface area contributed by atoms with Gasteiger partial charge in [0.1, 0.15) is 0 Å². The lowest BCUT2D eigenvalue weighted by Crippen LogP contribution is -2.07. The fourth-order valence-corrected chi connectivity index (χ4v) is 0.790. The van der Waals surface area contributed by atoms with Crippen LogP contribution in [0.15, 0.2) is 6.07 Å². The summed E-state index contributed by atoms with van der Waals surface area (Å²) in [5, 5.41) is 2.97. The first-order valence-electron chi connectivity index (χ1n) is 3.36. The van der Waals surface area contributed by atoms with Crippen LogP contribution in [0, 0.1) is 0 Å². The number of aryl methyl sites for hydroxylation is 1. The fourth-order valence-electron chi connectivity index (χ4n) is 0.790. The number of hydrogen-bond donors (Lipinski definition) is 0. The van der Waals surface area contributed by atoms with Gasteiger partial charge in [-0.1, -0.05) is 0 Å². The lowest BCUT2D eigenvalue weighted by Gasteiger charge is -2.01. The zero-order valence-corrected chi connectivity index (χ0v) is 6.85. The molecule has 1 aromatic rings. The molecule has 0 fully saturated rings. The zero-order valence-electron chi connectivity index (χ0n) is 6.85. The van der Waals surface area contributed by atoms with Gasteiger partial charge in [0.2, 0.25) is 5.88 Å². The SMILES string of the molecule is Cn1nc(C(F)(F)F)cc1OC(F)F. The predicted octanol–water partition coefficient (Wildman–Crippen LogP) is 2.04. The van der Waals surface area contributed by atoms with Gasteiger partial charge in [-0.2, -0.15) is 27.1 Å². The van der Waals surface area contributed by atoms with Crippen LogP contribution in [0.1, 0.15) is 5.69 Å². The van der Waals surface area contributed by atoms with Crippen LogP contribution in [0.5, 0.6) is 5.88 Å². The van der Waals surface area contributed by atoms with Gasteiger partial charge in [0, 0.05) is 13.1 Å². The van der Waals surface area contributed by atoms with Gasteiger partial charge < -0.3 is 4.74 Å². The largest absolute Gasteiger partial charge is 0.435 e. The van der Waals surface area contributed by atoms with Gasteiger partial charge in [-0.05, 0) is 0 Å². The Balaban J connectivity index is 2.94. The van der Waals surface area contributed by atoms with Crippen molar-refractivity contribution in [3.05, 3.63) is 11.8 Å². The topological polar surface area (TPSA) is 27.1 Å². The highest BCUT2D eigenvalue weighted by molar-refractivity contribution is 5.18. The number of aromatic nitrogens is 2. The summed E-state index contributed by atoms with van der Waals surface area (Å²) in [6.07, 6.45) is -4.67. The molecule has 0 bridgehead atoms. The molecule has 0 aliphatic heterocycles. The zero-order chi connectivity index (χ0) is 10.9. The van der Waals surface area contributed by atoms with E-state index >= 15 is 0 Å². The van der Waals surface area contributed by atoms with E-state index in [9.17, 15) is 22.0 Å². The second-order valence-electron chi connectivity index (χ2n) is 2.37. The maximum atomic E-state index is 12.0. The molecule has 1 heterocycles. The minimum absolute atomic E-state index is 0.409. The smallest absolute Gasteiger partial charge is 0.417 e. The third-order valence-corrected chi connectivity index (χ3v) is 1.34. The molecule has 1 aromatic heterocycles. The lowest BCUT2D eigenvalue weighted by atomic mass is 10.4. The molecule has 0 unspecified atom stereocenters. The van der Waals surface area contributed by atoms with Gasteiger partial charge >= 0.3 is 12.8 Å². The highest BCUT2D eigenvalue weighted by Crippen LogP contribution is 2.30. The van der Waals surface area contributed by atoms with Crippen molar-refractivity contribution in [1.29, 1.82) is 0 Å². The van der Waals surface area contributed by atoms with Gasteiger partial charge in [0.05, 0.1) is 0 Å². The van der Waals surface area contributed by atoms with Gasteiger partial charge in [-0.15, -0.1) is 0 Å². The average Bonchev–Trinajstić information content (AvgIpc) is 2.30. The van der Waals surface area contributed by atoms with E-state index in [1.54, 1.807) is 0 Å². The van der Waals surface area contributed by atoms with Crippen molar-refractivity contribution in [2.24, 2.45) is 7.05 Å². The Morgan fingerprint density at radius 2 is 2.00 bits per heavy atom. The molecule has 80 valence electrons. The van der Waals surface area contributed by atoms with Crippen LogP contribution in [0.25, 0.3) is 0 Å². The van der Waals surface area contributed by atoms with Crippen molar-refractivity contribution in [2.45, 2.75) is 12.8 Å². The lowest BCUT2D eigenvalue weighted by molar-refractivity contribution is -0.141. The molecule has 14 heavy (non-hydrogen) atoms. The van der Waals surface area contributed by atoms with Crippen molar-refractivity contribution in [3.8, 4) is 5.88 Å². The molecular formula is C6H5F5N2O. The Hall–Kier alpha value is -1.34. The van der Waals surface area contributed by atoms with E-state index in [-0.39, 0.29) is 0 Å². The molecule has 0 spiro atoms. The van der Waals surface area contributed by atoms with E-state index in [1.165, 1.54) is 0 Å². The quantitative estimate of drug-likeness (QED) is 0.707. The molecule has 1 rings (SSSR count). The Kier molecular flexibility index (Phi) is 2.63.